The summed E-state index contributed by atoms with van der Waals surface area (Å²) in [6.07, 6.45) is 4.15. The molecule has 164 valence electrons. The summed E-state index contributed by atoms with van der Waals surface area (Å²) < 4.78 is 0. The van der Waals surface area contributed by atoms with Crippen molar-refractivity contribution in [3.63, 3.8) is 0 Å². The summed E-state index contributed by atoms with van der Waals surface area (Å²) in [6.45, 7) is 8.43. The van der Waals surface area contributed by atoms with E-state index in [1.807, 2.05) is 36.1 Å². The van der Waals surface area contributed by atoms with E-state index in [2.05, 4.69) is 20.6 Å². The molecule has 0 spiro atoms. The molecule has 0 radical (unpaired) electrons. The number of nitrogens with one attached hydrogen (secondary N) is 2. The number of piperidine rings is 1. The van der Waals surface area contributed by atoms with Crippen LogP contribution in [-0.4, -0.2) is 51.7 Å². The van der Waals surface area contributed by atoms with Crippen molar-refractivity contribution in [3.8, 4) is 0 Å². The lowest BCUT2D eigenvalue weighted by Gasteiger charge is -2.32. The molecule has 0 saturated carbocycles. The molecule has 1 saturated heterocycles. The van der Waals surface area contributed by atoms with Crippen molar-refractivity contribution in [2.24, 2.45) is 5.41 Å². The molecule has 31 heavy (non-hydrogen) atoms. The van der Waals surface area contributed by atoms with Crippen LogP contribution in [0.4, 0.5) is 5.82 Å². The van der Waals surface area contributed by atoms with E-state index < -0.39 is 5.41 Å². The SMILES string of the molecule is Cc1cccc(C(=O)N2CCC(NC(=O)c3nccnc3NC(=O)C(C)(C)C)CC2)c1. The fourth-order valence-electron chi connectivity index (χ4n) is 3.33. The van der Waals surface area contributed by atoms with E-state index in [9.17, 15) is 14.4 Å². The standard InChI is InChI=1S/C23H29N5O3/c1-15-6-5-7-16(14-15)21(30)28-12-8-17(9-13-28)26-20(29)18-19(25-11-10-24-18)27-22(31)23(2,3)4/h5-7,10-11,14,17H,8-9,12-13H2,1-4H3,(H,26,29)(H,25,27,31). The molecule has 3 rings (SSSR count). The summed E-state index contributed by atoms with van der Waals surface area (Å²) in [5, 5.41) is 5.65. The molecule has 2 heterocycles. The van der Waals surface area contributed by atoms with Gasteiger partial charge in [0.1, 0.15) is 0 Å². The zero-order chi connectivity index (χ0) is 22.6. The molecule has 0 bridgehead atoms. The number of aryl methyl sites for hydroxylation is 1. The largest absolute Gasteiger partial charge is 0.348 e. The first-order chi connectivity index (χ1) is 14.6. The van der Waals surface area contributed by atoms with Gasteiger partial charge < -0.3 is 15.5 Å². The lowest BCUT2D eigenvalue weighted by Crippen LogP contribution is -2.46. The average Bonchev–Trinajstić information content (AvgIpc) is 2.73. The molecule has 1 aromatic heterocycles. The van der Waals surface area contributed by atoms with Gasteiger partial charge in [-0.3, -0.25) is 14.4 Å². The molecule has 2 aromatic rings. The van der Waals surface area contributed by atoms with Crippen LogP contribution in [0.5, 0.6) is 0 Å². The Hall–Kier alpha value is -3.29. The van der Waals surface area contributed by atoms with Crippen LogP contribution in [0.3, 0.4) is 0 Å². The topological polar surface area (TPSA) is 104 Å². The smallest absolute Gasteiger partial charge is 0.273 e. The van der Waals surface area contributed by atoms with Crippen LogP contribution >= 0.6 is 0 Å². The maximum atomic E-state index is 12.8. The highest BCUT2D eigenvalue weighted by molar-refractivity contribution is 6.02. The van der Waals surface area contributed by atoms with Crippen LogP contribution in [0.2, 0.25) is 0 Å². The highest BCUT2D eigenvalue weighted by atomic mass is 16.2. The van der Waals surface area contributed by atoms with E-state index in [0.29, 0.717) is 31.5 Å². The van der Waals surface area contributed by atoms with Crippen molar-refractivity contribution in [2.45, 2.75) is 46.6 Å². The molecule has 3 amide bonds. The number of likely N-dealkylation sites (tertiary alicyclic amines) is 1. The number of aromatic nitrogens is 2. The molecular formula is C23H29N5O3. The van der Waals surface area contributed by atoms with E-state index >= 15 is 0 Å². The number of rotatable bonds is 4. The maximum Gasteiger partial charge on any atom is 0.273 e. The Balaban J connectivity index is 1.59. The van der Waals surface area contributed by atoms with Crippen molar-refractivity contribution in [1.29, 1.82) is 0 Å². The second-order valence-corrected chi connectivity index (χ2v) is 8.87. The zero-order valence-electron chi connectivity index (χ0n) is 18.4. The first-order valence-corrected chi connectivity index (χ1v) is 10.4. The third-order valence-corrected chi connectivity index (χ3v) is 5.21. The fourth-order valence-corrected chi connectivity index (χ4v) is 3.33. The van der Waals surface area contributed by atoms with Gasteiger partial charge in [-0.15, -0.1) is 0 Å². The van der Waals surface area contributed by atoms with Crippen LogP contribution in [-0.2, 0) is 4.79 Å². The number of benzene rings is 1. The maximum absolute atomic E-state index is 12.8. The zero-order valence-corrected chi connectivity index (χ0v) is 18.4. The van der Waals surface area contributed by atoms with Gasteiger partial charge in [-0.2, -0.15) is 0 Å². The Kier molecular flexibility index (Phi) is 6.68. The lowest BCUT2D eigenvalue weighted by atomic mass is 9.96. The van der Waals surface area contributed by atoms with Crippen molar-refractivity contribution >= 4 is 23.5 Å². The number of hydrogen-bond donors (Lipinski definition) is 2. The van der Waals surface area contributed by atoms with Gasteiger partial charge in [0, 0.05) is 42.5 Å². The van der Waals surface area contributed by atoms with E-state index in [1.165, 1.54) is 12.4 Å². The van der Waals surface area contributed by atoms with Crippen molar-refractivity contribution in [2.75, 3.05) is 18.4 Å². The summed E-state index contributed by atoms with van der Waals surface area (Å²) in [5.41, 5.74) is 1.19. The molecule has 0 unspecified atom stereocenters. The van der Waals surface area contributed by atoms with Gasteiger partial charge in [-0.05, 0) is 31.9 Å². The first-order valence-electron chi connectivity index (χ1n) is 10.4. The summed E-state index contributed by atoms with van der Waals surface area (Å²) in [5.74, 6) is -0.479. The first kappa shape index (κ1) is 22.4. The molecule has 1 aliphatic rings. The Morgan fingerprint density at radius 2 is 1.74 bits per heavy atom. The van der Waals surface area contributed by atoms with E-state index in [1.54, 1.807) is 20.8 Å². The summed E-state index contributed by atoms with van der Waals surface area (Å²) >= 11 is 0. The summed E-state index contributed by atoms with van der Waals surface area (Å²) in [6, 6.07) is 7.47. The predicted molar refractivity (Wildman–Crippen MR) is 118 cm³/mol. The molecule has 8 nitrogen and oxygen atoms in total. The number of anilines is 1. The minimum Gasteiger partial charge on any atom is -0.348 e. The molecule has 1 aliphatic heterocycles. The van der Waals surface area contributed by atoms with E-state index in [-0.39, 0.29) is 35.3 Å². The van der Waals surface area contributed by atoms with Gasteiger partial charge in [0.05, 0.1) is 0 Å². The van der Waals surface area contributed by atoms with Gasteiger partial charge >= 0.3 is 0 Å². The molecule has 8 heteroatoms. The molecule has 1 fully saturated rings. The minimum atomic E-state index is -0.623. The lowest BCUT2D eigenvalue weighted by molar-refractivity contribution is -0.123. The fraction of sp³-hybridized carbons (Fsp3) is 0.435. The summed E-state index contributed by atoms with van der Waals surface area (Å²) in [4.78, 5) is 47.8. The minimum absolute atomic E-state index is 0.00887. The normalized spacial score (nSPS) is 14.8. The van der Waals surface area contributed by atoms with Crippen LogP contribution in [0.25, 0.3) is 0 Å². The number of hydrogen-bond acceptors (Lipinski definition) is 5. The number of carbonyl (C=O) groups is 3. The third kappa shape index (κ3) is 5.65. The highest BCUT2D eigenvalue weighted by Gasteiger charge is 2.28. The Bertz CT molecular complexity index is 975. The Morgan fingerprint density at radius 1 is 1.06 bits per heavy atom. The van der Waals surface area contributed by atoms with Crippen LogP contribution in [0.15, 0.2) is 36.7 Å². The van der Waals surface area contributed by atoms with Crippen LogP contribution in [0, 0.1) is 12.3 Å². The van der Waals surface area contributed by atoms with Gasteiger partial charge in [0.2, 0.25) is 5.91 Å². The van der Waals surface area contributed by atoms with E-state index in [4.69, 9.17) is 0 Å². The average molecular weight is 424 g/mol. The van der Waals surface area contributed by atoms with Crippen molar-refractivity contribution in [1.82, 2.24) is 20.2 Å². The van der Waals surface area contributed by atoms with Crippen molar-refractivity contribution < 1.29 is 14.4 Å². The number of amides is 3. The number of nitrogens with zero attached hydrogens (tertiary/aromatic N) is 3. The van der Waals surface area contributed by atoms with Crippen LogP contribution in [0.1, 0.15) is 60.0 Å². The van der Waals surface area contributed by atoms with Gasteiger partial charge in [-0.1, -0.05) is 38.5 Å². The highest BCUT2D eigenvalue weighted by Crippen LogP contribution is 2.19. The molecule has 1 aromatic carbocycles. The molecular weight excluding hydrogens is 394 g/mol. The van der Waals surface area contributed by atoms with Gasteiger partial charge in [-0.25, -0.2) is 9.97 Å². The Labute approximate surface area is 182 Å². The quantitative estimate of drug-likeness (QED) is 0.787. The molecule has 0 atom stereocenters. The van der Waals surface area contributed by atoms with Gasteiger partial charge in [0.25, 0.3) is 11.8 Å². The monoisotopic (exact) mass is 423 g/mol. The summed E-state index contributed by atoms with van der Waals surface area (Å²) in [7, 11) is 0. The second kappa shape index (κ2) is 9.24. The van der Waals surface area contributed by atoms with E-state index in [0.717, 1.165) is 5.56 Å². The molecule has 0 aliphatic carbocycles. The molecule has 2 N–H and O–H groups in total. The van der Waals surface area contributed by atoms with Crippen molar-refractivity contribution in [3.05, 3.63) is 53.5 Å². The predicted octanol–water partition coefficient (Wildman–Crippen LogP) is 2.80. The van der Waals surface area contributed by atoms with Crippen LogP contribution < -0.4 is 10.6 Å². The third-order valence-electron chi connectivity index (χ3n) is 5.21. The second-order valence-electron chi connectivity index (χ2n) is 8.87. The number of carbonyl (C=O) groups excluding carboxylic acids is 3. The van der Waals surface area contributed by atoms with Gasteiger partial charge in [0.15, 0.2) is 11.5 Å². The Morgan fingerprint density at radius 3 is 2.39 bits per heavy atom.